The molecule has 1 saturated heterocycles. The molecule has 1 N–H and O–H groups in total. The molecule has 6 heteroatoms. The minimum Gasteiger partial charge on any atom is -0.349 e. The van der Waals surface area contributed by atoms with Gasteiger partial charge < -0.3 is 5.32 Å². The van der Waals surface area contributed by atoms with Crippen LogP contribution in [0.2, 0.25) is 0 Å². The van der Waals surface area contributed by atoms with Gasteiger partial charge >= 0.3 is 0 Å². The third kappa shape index (κ3) is 3.79. The minimum absolute atomic E-state index is 0.127. The summed E-state index contributed by atoms with van der Waals surface area (Å²) in [6.45, 7) is 3.02. The van der Waals surface area contributed by atoms with Gasteiger partial charge in [0.25, 0.3) is 5.91 Å². The van der Waals surface area contributed by atoms with Crippen LogP contribution in [0.1, 0.15) is 67.3 Å². The van der Waals surface area contributed by atoms with Crippen LogP contribution in [0.25, 0.3) is 0 Å². The Bertz CT molecular complexity index is 813. The number of aryl methyl sites for hydroxylation is 1. The van der Waals surface area contributed by atoms with E-state index in [9.17, 15) is 13.2 Å². The molecule has 0 radical (unpaired) electrons. The summed E-state index contributed by atoms with van der Waals surface area (Å²) in [5.74, 6) is 1.23. The lowest BCUT2D eigenvalue weighted by Crippen LogP contribution is -2.39. The Morgan fingerprint density at radius 3 is 2.44 bits per heavy atom. The molecule has 3 atom stereocenters. The number of hydrogen-bond donors (Lipinski definition) is 1. The van der Waals surface area contributed by atoms with Crippen molar-refractivity contribution in [2.24, 2.45) is 11.8 Å². The van der Waals surface area contributed by atoms with Gasteiger partial charge in [-0.1, -0.05) is 25.3 Å². The molecule has 3 fully saturated rings. The lowest BCUT2D eigenvalue weighted by molar-refractivity contribution is 0.0922. The van der Waals surface area contributed by atoms with Gasteiger partial charge in [0.1, 0.15) is 0 Å². The highest BCUT2D eigenvalue weighted by molar-refractivity contribution is 7.89. The lowest BCUT2D eigenvalue weighted by atomic mass is 9.95. The quantitative estimate of drug-likeness (QED) is 0.856. The van der Waals surface area contributed by atoms with Crippen LogP contribution in [-0.4, -0.2) is 37.8 Å². The standard InChI is InChI=1S/C21H30N2O3S/c1-15-6-9-18(27(25,26)23-10-4-2-3-5-11-23)14-19(15)21(24)22-20-13-16-7-8-17(20)12-16/h6,9,14,16-17,20H,2-5,7-8,10-13H2,1H3,(H,22,24)/t16-,17-,20+/m0/s1. The highest BCUT2D eigenvalue weighted by Crippen LogP contribution is 2.44. The number of nitrogens with zero attached hydrogens (tertiary/aromatic N) is 1. The molecule has 5 nitrogen and oxygen atoms in total. The van der Waals surface area contributed by atoms with Crippen molar-refractivity contribution in [1.82, 2.24) is 9.62 Å². The number of hydrogen-bond acceptors (Lipinski definition) is 3. The van der Waals surface area contributed by atoms with E-state index in [1.165, 1.54) is 19.3 Å². The van der Waals surface area contributed by atoms with Gasteiger partial charge in [-0.2, -0.15) is 4.31 Å². The summed E-state index contributed by atoms with van der Waals surface area (Å²) in [6, 6.07) is 5.24. The number of rotatable bonds is 4. The van der Waals surface area contributed by atoms with Gasteiger partial charge in [-0.3, -0.25) is 4.79 Å². The van der Waals surface area contributed by atoms with E-state index in [4.69, 9.17) is 0 Å². The van der Waals surface area contributed by atoms with Crippen LogP contribution in [0.4, 0.5) is 0 Å². The van der Waals surface area contributed by atoms with Crippen LogP contribution in [-0.2, 0) is 10.0 Å². The summed E-state index contributed by atoms with van der Waals surface area (Å²) in [5.41, 5.74) is 1.32. The van der Waals surface area contributed by atoms with Gasteiger partial charge in [0.05, 0.1) is 4.90 Å². The minimum atomic E-state index is -3.54. The number of amides is 1. The highest BCUT2D eigenvalue weighted by Gasteiger charge is 2.40. The molecule has 4 rings (SSSR count). The third-order valence-electron chi connectivity index (χ3n) is 6.71. The van der Waals surface area contributed by atoms with Crippen molar-refractivity contribution in [3.63, 3.8) is 0 Å². The fraction of sp³-hybridized carbons (Fsp3) is 0.667. The number of nitrogens with one attached hydrogen (secondary N) is 1. The van der Waals surface area contributed by atoms with E-state index in [-0.39, 0.29) is 16.8 Å². The van der Waals surface area contributed by atoms with Crippen molar-refractivity contribution in [3.8, 4) is 0 Å². The topological polar surface area (TPSA) is 66.5 Å². The van der Waals surface area contributed by atoms with Crippen LogP contribution in [0.15, 0.2) is 23.1 Å². The summed E-state index contributed by atoms with van der Waals surface area (Å²) in [6.07, 6.45) is 8.77. The molecular weight excluding hydrogens is 360 g/mol. The molecule has 1 aromatic carbocycles. The zero-order chi connectivity index (χ0) is 19.0. The SMILES string of the molecule is Cc1ccc(S(=O)(=O)N2CCCCCC2)cc1C(=O)N[C@@H]1C[C@H]2CC[C@H]1C2. The van der Waals surface area contributed by atoms with E-state index in [0.29, 0.717) is 24.6 Å². The molecule has 1 amide bonds. The van der Waals surface area contributed by atoms with Crippen LogP contribution >= 0.6 is 0 Å². The molecule has 0 unspecified atom stereocenters. The molecule has 2 bridgehead atoms. The van der Waals surface area contributed by atoms with E-state index in [0.717, 1.165) is 43.6 Å². The average molecular weight is 391 g/mol. The van der Waals surface area contributed by atoms with Crippen molar-refractivity contribution in [2.75, 3.05) is 13.1 Å². The van der Waals surface area contributed by atoms with Crippen LogP contribution in [0.5, 0.6) is 0 Å². The summed E-state index contributed by atoms with van der Waals surface area (Å²) in [4.78, 5) is 13.1. The Morgan fingerprint density at radius 2 is 1.81 bits per heavy atom. The van der Waals surface area contributed by atoms with Crippen LogP contribution in [0.3, 0.4) is 0 Å². The average Bonchev–Trinajstić information content (AvgIpc) is 3.14. The molecule has 27 heavy (non-hydrogen) atoms. The van der Waals surface area contributed by atoms with Crippen molar-refractivity contribution < 1.29 is 13.2 Å². The Balaban J connectivity index is 1.54. The number of sulfonamides is 1. The van der Waals surface area contributed by atoms with E-state index >= 15 is 0 Å². The maximum absolute atomic E-state index is 13.1. The molecule has 1 aromatic rings. The second-order valence-corrected chi connectivity index (χ2v) is 10.5. The molecule has 1 aliphatic heterocycles. The van der Waals surface area contributed by atoms with Crippen LogP contribution < -0.4 is 5.32 Å². The van der Waals surface area contributed by atoms with Crippen molar-refractivity contribution >= 4 is 15.9 Å². The van der Waals surface area contributed by atoms with Gasteiger partial charge in [-0.15, -0.1) is 0 Å². The first kappa shape index (κ1) is 18.9. The Morgan fingerprint density at radius 1 is 1.07 bits per heavy atom. The summed E-state index contributed by atoms with van der Waals surface area (Å²) in [5, 5.41) is 3.19. The predicted molar refractivity (Wildman–Crippen MR) is 105 cm³/mol. The first-order valence-corrected chi connectivity index (χ1v) is 11.8. The molecule has 1 heterocycles. The zero-order valence-electron chi connectivity index (χ0n) is 16.1. The van der Waals surface area contributed by atoms with Crippen molar-refractivity contribution in [2.45, 2.75) is 69.2 Å². The Labute approximate surface area is 162 Å². The number of fused-ring (bicyclic) bond motifs is 2. The summed E-state index contributed by atoms with van der Waals surface area (Å²) in [7, 11) is -3.54. The van der Waals surface area contributed by atoms with E-state index in [2.05, 4.69) is 5.32 Å². The second kappa shape index (κ2) is 7.55. The van der Waals surface area contributed by atoms with Gasteiger partial charge in [0, 0.05) is 24.7 Å². The third-order valence-corrected chi connectivity index (χ3v) is 8.61. The highest BCUT2D eigenvalue weighted by atomic mass is 32.2. The van der Waals surface area contributed by atoms with Crippen LogP contribution in [0, 0.1) is 18.8 Å². The first-order chi connectivity index (χ1) is 12.9. The number of carbonyl (C=O) groups excluding carboxylic acids is 1. The molecule has 0 aromatic heterocycles. The molecule has 2 aliphatic carbocycles. The van der Waals surface area contributed by atoms with Gasteiger partial charge in [-0.05, 0) is 68.6 Å². The van der Waals surface area contributed by atoms with Gasteiger partial charge in [-0.25, -0.2) is 8.42 Å². The van der Waals surface area contributed by atoms with E-state index in [1.807, 2.05) is 6.92 Å². The summed E-state index contributed by atoms with van der Waals surface area (Å²) >= 11 is 0. The monoisotopic (exact) mass is 390 g/mol. The number of benzene rings is 1. The molecule has 148 valence electrons. The van der Waals surface area contributed by atoms with Crippen molar-refractivity contribution in [3.05, 3.63) is 29.3 Å². The lowest BCUT2D eigenvalue weighted by Gasteiger charge is -2.24. The fourth-order valence-electron chi connectivity index (χ4n) is 5.10. The van der Waals surface area contributed by atoms with Gasteiger partial charge in [0.15, 0.2) is 0 Å². The smallest absolute Gasteiger partial charge is 0.251 e. The zero-order valence-corrected chi connectivity index (χ0v) is 16.9. The predicted octanol–water partition coefficient (Wildman–Crippen LogP) is 3.48. The number of carbonyl (C=O) groups is 1. The van der Waals surface area contributed by atoms with E-state index in [1.54, 1.807) is 22.5 Å². The molecule has 2 saturated carbocycles. The fourth-order valence-corrected chi connectivity index (χ4v) is 6.65. The Hall–Kier alpha value is -1.40. The molecule has 3 aliphatic rings. The maximum atomic E-state index is 13.1. The van der Waals surface area contributed by atoms with E-state index < -0.39 is 10.0 Å². The summed E-state index contributed by atoms with van der Waals surface area (Å²) < 4.78 is 27.7. The largest absolute Gasteiger partial charge is 0.349 e. The van der Waals surface area contributed by atoms with Gasteiger partial charge in [0.2, 0.25) is 10.0 Å². The Kier molecular flexibility index (Phi) is 5.30. The molecular formula is C21H30N2O3S. The van der Waals surface area contributed by atoms with Crippen molar-refractivity contribution in [1.29, 1.82) is 0 Å². The molecule has 0 spiro atoms. The first-order valence-electron chi connectivity index (χ1n) is 10.4. The normalized spacial score (nSPS) is 28.9. The maximum Gasteiger partial charge on any atom is 0.251 e. The second-order valence-electron chi connectivity index (χ2n) is 8.55.